The van der Waals surface area contributed by atoms with E-state index in [0.29, 0.717) is 5.82 Å². The van der Waals surface area contributed by atoms with Crippen molar-refractivity contribution in [2.24, 2.45) is 5.16 Å². The van der Waals surface area contributed by atoms with Gasteiger partial charge in [0.05, 0.1) is 24.2 Å². The maximum Gasteiger partial charge on any atom is 0.179 e. The van der Waals surface area contributed by atoms with Gasteiger partial charge in [0.1, 0.15) is 18.6 Å². The first-order valence-corrected chi connectivity index (χ1v) is 9.29. The number of methoxy groups -OCH3 is 1. The van der Waals surface area contributed by atoms with Gasteiger partial charge in [-0.2, -0.15) is 0 Å². The highest BCUT2D eigenvalue weighted by molar-refractivity contribution is 6.06. The van der Waals surface area contributed by atoms with E-state index in [1.165, 1.54) is 0 Å². The SMILES string of the molecule is CO/N=C1\CCCc2nc(-c3cccc(C)n3)nc(-c3cccc(OC)c3)c21. The predicted molar refractivity (Wildman–Crippen MR) is 108 cm³/mol. The Bertz CT molecular complexity index is 1050. The van der Waals surface area contributed by atoms with Crippen LogP contribution >= 0.6 is 0 Å². The Morgan fingerprint density at radius 2 is 1.82 bits per heavy atom. The molecule has 0 radical (unpaired) electrons. The maximum atomic E-state index is 5.41. The molecule has 2 aromatic heterocycles. The number of aromatic nitrogens is 3. The van der Waals surface area contributed by atoms with Crippen LogP contribution in [0.15, 0.2) is 47.6 Å². The summed E-state index contributed by atoms with van der Waals surface area (Å²) in [5.41, 5.74) is 6.30. The van der Waals surface area contributed by atoms with Crippen LogP contribution in [0.25, 0.3) is 22.8 Å². The zero-order valence-electron chi connectivity index (χ0n) is 16.3. The van der Waals surface area contributed by atoms with Gasteiger partial charge >= 0.3 is 0 Å². The molecule has 2 heterocycles. The molecule has 6 nitrogen and oxygen atoms in total. The first-order valence-electron chi connectivity index (χ1n) is 9.29. The lowest BCUT2D eigenvalue weighted by molar-refractivity contribution is 0.212. The number of nitrogens with zero attached hydrogens (tertiary/aromatic N) is 4. The van der Waals surface area contributed by atoms with Gasteiger partial charge in [0.25, 0.3) is 0 Å². The molecule has 28 heavy (non-hydrogen) atoms. The van der Waals surface area contributed by atoms with Crippen LogP contribution in [0.1, 0.15) is 29.8 Å². The molecule has 142 valence electrons. The van der Waals surface area contributed by atoms with Crippen molar-refractivity contribution in [1.29, 1.82) is 0 Å². The molecule has 4 rings (SSSR count). The molecule has 0 atom stereocenters. The first kappa shape index (κ1) is 18.1. The van der Waals surface area contributed by atoms with Crippen molar-refractivity contribution in [3.05, 3.63) is 59.4 Å². The quantitative estimate of drug-likeness (QED) is 0.640. The molecule has 0 unspecified atom stereocenters. The summed E-state index contributed by atoms with van der Waals surface area (Å²) in [4.78, 5) is 19.5. The minimum Gasteiger partial charge on any atom is -0.497 e. The molecule has 0 amide bonds. The van der Waals surface area contributed by atoms with Gasteiger partial charge in [0.2, 0.25) is 0 Å². The van der Waals surface area contributed by atoms with Gasteiger partial charge in [-0.05, 0) is 50.5 Å². The van der Waals surface area contributed by atoms with Crippen molar-refractivity contribution in [3.63, 3.8) is 0 Å². The molecule has 0 spiro atoms. The number of fused-ring (bicyclic) bond motifs is 1. The second kappa shape index (κ2) is 7.76. The van der Waals surface area contributed by atoms with E-state index in [1.807, 2.05) is 49.4 Å². The number of ether oxygens (including phenoxy) is 1. The third-order valence-electron chi connectivity index (χ3n) is 4.76. The monoisotopic (exact) mass is 374 g/mol. The lowest BCUT2D eigenvalue weighted by atomic mass is 9.90. The fourth-order valence-electron chi connectivity index (χ4n) is 3.50. The van der Waals surface area contributed by atoms with E-state index in [9.17, 15) is 0 Å². The summed E-state index contributed by atoms with van der Waals surface area (Å²) in [5.74, 6) is 1.40. The molecule has 0 fully saturated rings. The van der Waals surface area contributed by atoms with Crippen LogP contribution in [-0.2, 0) is 11.3 Å². The largest absolute Gasteiger partial charge is 0.497 e. The smallest absolute Gasteiger partial charge is 0.179 e. The number of benzene rings is 1. The normalized spacial score (nSPS) is 14.6. The average molecular weight is 374 g/mol. The topological polar surface area (TPSA) is 69.5 Å². The molecule has 1 aromatic carbocycles. The standard InChI is InChI=1S/C22H22N4O2/c1-14-7-4-12-19(23-14)22-24-17-10-6-11-18(26-28-3)20(17)21(25-22)15-8-5-9-16(13-15)27-2/h4-5,7-9,12-13H,6,10-11H2,1-3H3/b26-18+. The summed E-state index contributed by atoms with van der Waals surface area (Å²) in [6.45, 7) is 1.97. The summed E-state index contributed by atoms with van der Waals surface area (Å²) in [6.07, 6.45) is 2.68. The second-order valence-electron chi connectivity index (χ2n) is 6.69. The van der Waals surface area contributed by atoms with Crippen LogP contribution in [0.5, 0.6) is 5.75 Å². The first-order chi connectivity index (χ1) is 13.7. The summed E-state index contributed by atoms with van der Waals surface area (Å²) < 4.78 is 5.41. The van der Waals surface area contributed by atoms with Crippen molar-refractivity contribution < 1.29 is 9.57 Å². The Kier molecular flexibility index (Phi) is 5.02. The van der Waals surface area contributed by atoms with E-state index >= 15 is 0 Å². The Labute approximate surface area is 164 Å². The van der Waals surface area contributed by atoms with Gasteiger partial charge in [-0.3, -0.25) is 0 Å². The maximum absolute atomic E-state index is 5.41. The summed E-state index contributed by atoms with van der Waals surface area (Å²) in [7, 11) is 3.23. The van der Waals surface area contributed by atoms with Gasteiger partial charge in [-0.25, -0.2) is 15.0 Å². The van der Waals surface area contributed by atoms with Crippen LogP contribution in [-0.4, -0.2) is 34.9 Å². The van der Waals surface area contributed by atoms with Gasteiger partial charge in [0, 0.05) is 16.8 Å². The molecular weight excluding hydrogens is 352 g/mol. The highest BCUT2D eigenvalue weighted by Gasteiger charge is 2.25. The molecule has 0 N–H and O–H groups in total. The van der Waals surface area contributed by atoms with Crippen molar-refractivity contribution in [2.45, 2.75) is 26.2 Å². The Morgan fingerprint density at radius 3 is 2.61 bits per heavy atom. The van der Waals surface area contributed by atoms with Gasteiger partial charge in [-0.1, -0.05) is 23.4 Å². The zero-order chi connectivity index (χ0) is 19.5. The van der Waals surface area contributed by atoms with E-state index in [4.69, 9.17) is 19.5 Å². The van der Waals surface area contributed by atoms with Crippen molar-refractivity contribution in [3.8, 4) is 28.5 Å². The summed E-state index contributed by atoms with van der Waals surface area (Å²) in [6, 6.07) is 13.8. The molecule has 6 heteroatoms. The molecule has 3 aromatic rings. The van der Waals surface area contributed by atoms with Crippen LogP contribution in [0, 0.1) is 6.92 Å². The summed E-state index contributed by atoms with van der Waals surface area (Å²) >= 11 is 0. The Balaban J connectivity index is 1.97. The predicted octanol–water partition coefficient (Wildman–Crippen LogP) is 4.21. The summed E-state index contributed by atoms with van der Waals surface area (Å²) in [5, 5.41) is 4.26. The second-order valence-corrected chi connectivity index (χ2v) is 6.69. The lowest BCUT2D eigenvalue weighted by Gasteiger charge is -2.21. The molecule has 0 saturated carbocycles. The lowest BCUT2D eigenvalue weighted by Crippen LogP contribution is -2.18. The molecular formula is C22H22N4O2. The fourth-order valence-corrected chi connectivity index (χ4v) is 3.50. The van der Waals surface area contributed by atoms with Crippen LogP contribution in [0.3, 0.4) is 0 Å². The van der Waals surface area contributed by atoms with Crippen molar-refractivity contribution in [1.82, 2.24) is 15.0 Å². The minimum absolute atomic E-state index is 0.624. The van der Waals surface area contributed by atoms with Crippen LogP contribution in [0.2, 0.25) is 0 Å². The van der Waals surface area contributed by atoms with Gasteiger partial charge in [-0.15, -0.1) is 0 Å². The van der Waals surface area contributed by atoms with E-state index in [2.05, 4.69) is 10.1 Å². The van der Waals surface area contributed by atoms with E-state index in [-0.39, 0.29) is 0 Å². The van der Waals surface area contributed by atoms with Gasteiger partial charge < -0.3 is 9.57 Å². The Morgan fingerprint density at radius 1 is 0.964 bits per heavy atom. The number of pyridine rings is 1. The Hall–Kier alpha value is -3.28. The molecule has 1 aliphatic carbocycles. The average Bonchev–Trinajstić information content (AvgIpc) is 2.73. The van der Waals surface area contributed by atoms with Crippen molar-refractivity contribution >= 4 is 5.71 Å². The van der Waals surface area contributed by atoms with E-state index in [1.54, 1.807) is 14.2 Å². The zero-order valence-corrected chi connectivity index (χ0v) is 16.3. The number of hydrogen-bond acceptors (Lipinski definition) is 6. The molecule has 0 aliphatic heterocycles. The number of rotatable bonds is 4. The molecule has 1 aliphatic rings. The highest BCUT2D eigenvalue weighted by Crippen LogP contribution is 2.33. The number of oxime groups is 1. The number of hydrogen-bond donors (Lipinski definition) is 0. The number of aryl methyl sites for hydroxylation is 2. The van der Waals surface area contributed by atoms with E-state index in [0.717, 1.165) is 64.6 Å². The van der Waals surface area contributed by atoms with Crippen LogP contribution < -0.4 is 4.74 Å². The third-order valence-corrected chi connectivity index (χ3v) is 4.76. The van der Waals surface area contributed by atoms with E-state index < -0.39 is 0 Å². The molecule has 0 saturated heterocycles. The minimum atomic E-state index is 0.624. The van der Waals surface area contributed by atoms with Crippen LogP contribution in [0.4, 0.5) is 0 Å². The third kappa shape index (κ3) is 3.45. The van der Waals surface area contributed by atoms with Gasteiger partial charge in [0.15, 0.2) is 5.82 Å². The molecule has 0 bridgehead atoms. The van der Waals surface area contributed by atoms with Crippen molar-refractivity contribution in [2.75, 3.05) is 14.2 Å². The highest BCUT2D eigenvalue weighted by atomic mass is 16.6. The fraction of sp³-hybridized carbons (Fsp3) is 0.273.